The quantitative estimate of drug-likeness (QED) is 0.810. The highest BCUT2D eigenvalue weighted by atomic mass is 16.2. The fraction of sp³-hybridized carbons (Fsp3) is 0.200. The predicted octanol–water partition coefficient (Wildman–Crippen LogP) is 1.58. The standard InChI is InChI=1S/C15H18N4O/c1-19(2)14-5-3-12(4-6-14)11-17-18-15(20)13-7-9-16-10-8-13/h3-10,17H,11H2,1-2H3,(H,18,20). The smallest absolute Gasteiger partial charge is 0.265 e. The van der Waals surface area contributed by atoms with Crippen molar-refractivity contribution in [3.8, 4) is 0 Å². The third-order valence-corrected chi connectivity index (χ3v) is 2.89. The molecule has 2 N–H and O–H groups in total. The van der Waals surface area contributed by atoms with E-state index in [0.717, 1.165) is 11.3 Å². The number of anilines is 1. The van der Waals surface area contributed by atoms with Gasteiger partial charge in [0.2, 0.25) is 0 Å². The van der Waals surface area contributed by atoms with Crippen LogP contribution in [0.5, 0.6) is 0 Å². The van der Waals surface area contributed by atoms with E-state index in [1.807, 2.05) is 43.3 Å². The lowest BCUT2D eigenvalue weighted by atomic mass is 10.2. The van der Waals surface area contributed by atoms with E-state index in [1.165, 1.54) is 0 Å². The molecule has 0 aliphatic heterocycles. The van der Waals surface area contributed by atoms with Gasteiger partial charge >= 0.3 is 0 Å². The highest BCUT2D eigenvalue weighted by molar-refractivity contribution is 5.93. The van der Waals surface area contributed by atoms with Gasteiger partial charge in [0.15, 0.2) is 0 Å². The molecule has 0 unspecified atom stereocenters. The number of carbonyl (C=O) groups is 1. The summed E-state index contributed by atoms with van der Waals surface area (Å²) in [5, 5.41) is 0. The van der Waals surface area contributed by atoms with Crippen molar-refractivity contribution in [2.45, 2.75) is 6.54 Å². The third kappa shape index (κ3) is 3.80. The maximum atomic E-state index is 11.8. The van der Waals surface area contributed by atoms with Crippen molar-refractivity contribution in [3.05, 3.63) is 59.9 Å². The van der Waals surface area contributed by atoms with Gasteiger partial charge in [-0.2, -0.15) is 0 Å². The molecule has 0 bridgehead atoms. The number of amides is 1. The zero-order valence-electron chi connectivity index (χ0n) is 11.6. The first-order valence-electron chi connectivity index (χ1n) is 6.36. The van der Waals surface area contributed by atoms with E-state index in [0.29, 0.717) is 12.1 Å². The van der Waals surface area contributed by atoms with E-state index in [1.54, 1.807) is 24.5 Å². The molecule has 104 valence electrons. The SMILES string of the molecule is CN(C)c1ccc(CNNC(=O)c2ccncc2)cc1. The molecular weight excluding hydrogens is 252 g/mol. The molecule has 0 saturated carbocycles. The molecule has 0 aliphatic carbocycles. The Hall–Kier alpha value is -2.40. The van der Waals surface area contributed by atoms with Crippen molar-refractivity contribution in [3.63, 3.8) is 0 Å². The number of nitrogens with one attached hydrogen (secondary N) is 2. The first-order valence-corrected chi connectivity index (χ1v) is 6.36. The number of rotatable bonds is 5. The molecule has 0 fully saturated rings. The van der Waals surface area contributed by atoms with Crippen molar-refractivity contribution in [1.29, 1.82) is 0 Å². The number of hydrazine groups is 1. The fourth-order valence-electron chi connectivity index (χ4n) is 1.71. The Labute approximate surface area is 118 Å². The lowest BCUT2D eigenvalue weighted by Crippen LogP contribution is -2.36. The number of pyridine rings is 1. The highest BCUT2D eigenvalue weighted by Gasteiger charge is 2.03. The second kappa shape index (κ2) is 6.68. The van der Waals surface area contributed by atoms with Crippen LogP contribution in [-0.4, -0.2) is 25.0 Å². The van der Waals surface area contributed by atoms with Crippen LogP contribution >= 0.6 is 0 Å². The summed E-state index contributed by atoms with van der Waals surface area (Å²) >= 11 is 0. The van der Waals surface area contributed by atoms with Crippen molar-refractivity contribution >= 4 is 11.6 Å². The normalized spacial score (nSPS) is 10.1. The Bertz CT molecular complexity index is 552. The van der Waals surface area contributed by atoms with Crippen LogP contribution in [0.15, 0.2) is 48.8 Å². The molecule has 20 heavy (non-hydrogen) atoms. The number of aromatic nitrogens is 1. The minimum atomic E-state index is -0.169. The molecule has 2 rings (SSSR count). The van der Waals surface area contributed by atoms with Gasteiger partial charge in [-0.25, -0.2) is 5.43 Å². The van der Waals surface area contributed by atoms with E-state index >= 15 is 0 Å². The van der Waals surface area contributed by atoms with Gasteiger partial charge in [0.05, 0.1) is 0 Å². The second-order valence-corrected chi connectivity index (χ2v) is 4.60. The summed E-state index contributed by atoms with van der Waals surface area (Å²) in [5.74, 6) is -0.169. The average Bonchev–Trinajstić information content (AvgIpc) is 2.48. The molecule has 1 aromatic heterocycles. The first-order chi connectivity index (χ1) is 9.66. The Kier molecular flexibility index (Phi) is 4.68. The van der Waals surface area contributed by atoms with Gasteiger partial charge in [-0.1, -0.05) is 12.1 Å². The highest BCUT2D eigenvalue weighted by Crippen LogP contribution is 2.11. The van der Waals surface area contributed by atoms with Crippen molar-refractivity contribution < 1.29 is 4.79 Å². The Balaban J connectivity index is 1.82. The number of hydrogen-bond donors (Lipinski definition) is 2. The average molecular weight is 270 g/mol. The summed E-state index contributed by atoms with van der Waals surface area (Å²) in [5.41, 5.74) is 8.40. The van der Waals surface area contributed by atoms with Crippen LogP contribution < -0.4 is 15.8 Å². The fourth-order valence-corrected chi connectivity index (χ4v) is 1.71. The zero-order chi connectivity index (χ0) is 14.4. The molecule has 0 radical (unpaired) electrons. The summed E-state index contributed by atoms with van der Waals surface area (Å²) < 4.78 is 0. The molecule has 1 heterocycles. The molecule has 2 aromatic rings. The first kappa shape index (κ1) is 14.0. The van der Waals surface area contributed by atoms with Crippen LogP contribution in [0.4, 0.5) is 5.69 Å². The molecule has 1 aromatic carbocycles. The van der Waals surface area contributed by atoms with Crippen LogP contribution in [0.25, 0.3) is 0 Å². The minimum Gasteiger partial charge on any atom is -0.378 e. The van der Waals surface area contributed by atoms with E-state index in [-0.39, 0.29) is 5.91 Å². The number of carbonyl (C=O) groups excluding carboxylic acids is 1. The molecule has 1 amide bonds. The van der Waals surface area contributed by atoms with Gasteiger partial charge in [0, 0.05) is 44.3 Å². The largest absolute Gasteiger partial charge is 0.378 e. The molecule has 0 aliphatic rings. The molecule has 5 heteroatoms. The predicted molar refractivity (Wildman–Crippen MR) is 79.3 cm³/mol. The Morgan fingerprint density at radius 3 is 2.35 bits per heavy atom. The summed E-state index contributed by atoms with van der Waals surface area (Å²) in [6.07, 6.45) is 3.18. The van der Waals surface area contributed by atoms with Crippen LogP contribution in [0.2, 0.25) is 0 Å². The Morgan fingerprint density at radius 1 is 1.10 bits per heavy atom. The van der Waals surface area contributed by atoms with Gasteiger partial charge in [0.25, 0.3) is 5.91 Å². The van der Waals surface area contributed by atoms with Gasteiger partial charge in [-0.3, -0.25) is 15.2 Å². The number of hydrogen-bond acceptors (Lipinski definition) is 4. The van der Waals surface area contributed by atoms with Gasteiger partial charge in [-0.15, -0.1) is 0 Å². The summed E-state index contributed by atoms with van der Waals surface area (Å²) in [6, 6.07) is 11.5. The molecule has 0 saturated heterocycles. The van der Waals surface area contributed by atoms with Crippen LogP contribution in [0, 0.1) is 0 Å². The number of benzene rings is 1. The van der Waals surface area contributed by atoms with Crippen LogP contribution in [0.3, 0.4) is 0 Å². The van der Waals surface area contributed by atoms with Crippen LogP contribution in [0.1, 0.15) is 15.9 Å². The third-order valence-electron chi connectivity index (χ3n) is 2.89. The second-order valence-electron chi connectivity index (χ2n) is 4.60. The molecule has 5 nitrogen and oxygen atoms in total. The summed E-state index contributed by atoms with van der Waals surface area (Å²) in [7, 11) is 4.00. The molecule has 0 atom stereocenters. The maximum Gasteiger partial charge on any atom is 0.265 e. The van der Waals surface area contributed by atoms with Crippen molar-refractivity contribution in [1.82, 2.24) is 15.8 Å². The van der Waals surface area contributed by atoms with Crippen molar-refractivity contribution in [2.75, 3.05) is 19.0 Å². The topological polar surface area (TPSA) is 57.3 Å². The van der Waals surface area contributed by atoms with E-state index < -0.39 is 0 Å². The maximum absolute atomic E-state index is 11.8. The lowest BCUT2D eigenvalue weighted by molar-refractivity contribution is 0.0932. The Morgan fingerprint density at radius 2 is 1.75 bits per heavy atom. The van der Waals surface area contributed by atoms with E-state index in [2.05, 4.69) is 15.8 Å². The molecular formula is C15H18N4O. The van der Waals surface area contributed by atoms with Crippen molar-refractivity contribution in [2.24, 2.45) is 0 Å². The number of nitrogens with zero attached hydrogens (tertiary/aromatic N) is 2. The summed E-state index contributed by atoms with van der Waals surface area (Å²) in [4.78, 5) is 17.7. The van der Waals surface area contributed by atoms with Crippen LogP contribution in [-0.2, 0) is 6.54 Å². The van der Waals surface area contributed by atoms with Gasteiger partial charge in [-0.05, 0) is 29.8 Å². The van der Waals surface area contributed by atoms with Gasteiger partial charge in [0.1, 0.15) is 0 Å². The van der Waals surface area contributed by atoms with Gasteiger partial charge < -0.3 is 4.90 Å². The zero-order valence-corrected chi connectivity index (χ0v) is 11.6. The summed E-state index contributed by atoms with van der Waals surface area (Å²) in [6.45, 7) is 0.574. The van der Waals surface area contributed by atoms with E-state index in [4.69, 9.17) is 0 Å². The molecule has 0 spiro atoms. The van der Waals surface area contributed by atoms with E-state index in [9.17, 15) is 4.79 Å². The minimum absolute atomic E-state index is 0.169. The monoisotopic (exact) mass is 270 g/mol. The lowest BCUT2D eigenvalue weighted by Gasteiger charge is -2.13.